The van der Waals surface area contributed by atoms with Crippen LogP contribution < -0.4 is 4.74 Å². The van der Waals surface area contributed by atoms with Crippen molar-refractivity contribution in [1.82, 2.24) is 14.5 Å². The average Bonchev–Trinajstić information content (AvgIpc) is 3.24. The number of aromatic nitrogens is 2. The second-order valence-corrected chi connectivity index (χ2v) is 6.41. The molecule has 5 nitrogen and oxygen atoms in total. The van der Waals surface area contributed by atoms with E-state index in [1.54, 1.807) is 6.20 Å². The third-order valence-corrected chi connectivity index (χ3v) is 4.67. The number of carbonyl (C=O) groups is 1. The van der Waals surface area contributed by atoms with Crippen LogP contribution in [0.15, 0.2) is 73.2 Å². The lowest BCUT2D eigenvalue weighted by molar-refractivity contribution is 0.0588. The Morgan fingerprint density at radius 1 is 0.962 bits per heavy atom. The molecule has 1 aliphatic rings. The minimum Gasteiger partial charge on any atom is -0.474 e. The quantitative estimate of drug-likeness (QED) is 0.725. The highest BCUT2D eigenvalue weighted by atomic mass is 16.5. The van der Waals surface area contributed by atoms with Crippen molar-refractivity contribution < 1.29 is 9.53 Å². The maximum atomic E-state index is 12.7. The number of ether oxygens (including phenoxy) is 1. The molecule has 0 atom stereocenters. The lowest BCUT2D eigenvalue weighted by atomic mass is 10.1. The first-order chi connectivity index (χ1) is 12.8. The van der Waals surface area contributed by atoms with Crippen LogP contribution in [-0.4, -0.2) is 39.6 Å². The molecule has 4 rings (SSSR count). The summed E-state index contributed by atoms with van der Waals surface area (Å²) in [4.78, 5) is 18.8. The summed E-state index contributed by atoms with van der Waals surface area (Å²) in [6.45, 7) is 1.41. The zero-order valence-electron chi connectivity index (χ0n) is 14.5. The predicted octanol–water partition coefficient (Wildman–Crippen LogP) is 3.56. The molecule has 132 valence electrons. The van der Waals surface area contributed by atoms with Gasteiger partial charge in [-0.15, -0.1) is 0 Å². The van der Waals surface area contributed by atoms with Gasteiger partial charge in [0.05, 0.1) is 0 Å². The molecule has 1 saturated heterocycles. The number of pyridine rings is 1. The number of rotatable bonds is 4. The second-order valence-electron chi connectivity index (χ2n) is 6.41. The van der Waals surface area contributed by atoms with E-state index in [4.69, 9.17) is 4.74 Å². The molecule has 0 radical (unpaired) electrons. The Labute approximate surface area is 152 Å². The summed E-state index contributed by atoms with van der Waals surface area (Å²) in [5.74, 6) is 0.734. The molecular formula is C21H21N3O2. The van der Waals surface area contributed by atoms with Crippen molar-refractivity contribution in [3.8, 4) is 11.6 Å². The van der Waals surface area contributed by atoms with Gasteiger partial charge < -0.3 is 14.2 Å². The van der Waals surface area contributed by atoms with Crippen molar-refractivity contribution in [2.45, 2.75) is 18.9 Å². The maximum Gasteiger partial charge on any atom is 0.253 e. The molecule has 0 aliphatic carbocycles. The standard InChI is InChI=1S/C21H21N3O2/c25-21(17-6-8-18(9-7-17)23-13-3-4-14-23)24-15-10-19(11-16-24)26-20-5-1-2-12-22-20/h1-9,12-14,19H,10-11,15-16H2. The summed E-state index contributed by atoms with van der Waals surface area (Å²) in [6, 6.07) is 17.4. The Kier molecular flexibility index (Phi) is 4.69. The summed E-state index contributed by atoms with van der Waals surface area (Å²) in [5, 5.41) is 0. The number of hydrogen-bond donors (Lipinski definition) is 0. The van der Waals surface area contributed by atoms with Crippen LogP contribution in [0.4, 0.5) is 0 Å². The van der Waals surface area contributed by atoms with Crippen LogP contribution in [0.25, 0.3) is 5.69 Å². The summed E-state index contributed by atoms with van der Waals surface area (Å²) in [6.07, 6.45) is 7.47. The molecule has 2 aromatic heterocycles. The molecule has 1 aliphatic heterocycles. The van der Waals surface area contributed by atoms with Crippen molar-refractivity contribution in [1.29, 1.82) is 0 Å². The van der Waals surface area contributed by atoms with E-state index < -0.39 is 0 Å². The largest absolute Gasteiger partial charge is 0.474 e. The SMILES string of the molecule is O=C(c1ccc(-n2cccc2)cc1)N1CCC(Oc2ccccn2)CC1. The van der Waals surface area contributed by atoms with Crippen LogP contribution in [-0.2, 0) is 0 Å². The molecule has 0 N–H and O–H groups in total. The highest BCUT2D eigenvalue weighted by Crippen LogP contribution is 2.19. The van der Waals surface area contributed by atoms with E-state index in [1.165, 1.54) is 0 Å². The van der Waals surface area contributed by atoms with Crippen molar-refractivity contribution >= 4 is 5.91 Å². The van der Waals surface area contributed by atoms with Crippen LogP contribution in [0, 0.1) is 0 Å². The fraction of sp³-hybridized carbons (Fsp3) is 0.238. The molecule has 26 heavy (non-hydrogen) atoms. The number of piperidine rings is 1. The molecule has 0 spiro atoms. The number of benzene rings is 1. The van der Waals surface area contributed by atoms with Gasteiger partial charge in [0.1, 0.15) is 6.10 Å². The number of hydrogen-bond acceptors (Lipinski definition) is 3. The maximum absolute atomic E-state index is 12.7. The van der Waals surface area contributed by atoms with Gasteiger partial charge >= 0.3 is 0 Å². The van der Waals surface area contributed by atoms with Gasteiger partial charge in [0.2, 0.25) is 5.88 Å². The van der Waals surface area contributed by atoms with E-state index in [0.717, 1.165) is 24.1 Å². The normalized spacial score (nSPS) is 15.0. The number of likely N-dealkylation sites (tertiary alicyclic amines) is 1. The van der Waals surface area contributed by atoms with Crippen LogP contribution in [0.2, 0.25) is 0 Å². The molecule has 0 bridgehead atoms. The Morgan fingerprint density at radius 3 is 2.35 bits per heavy atom. The van der Waals surface area contributed by atoms with Gasteiger partial charge in [0, 0.05) is 61.8 Å². The summed E-state index contributed by atoms with van der Waals surface area (Å²) in [5.41, 5.74) is 1.78. The van der Waals surface area contributed by atoms with E-state index in [9.17, 15) is 4.79 Å². The van der Waals surface area contributed by atoms with Crippen molar-refractivity contribution in [3.05, 3.63) is 78.8 Å². The van der Waals surface area contributed by atoms with Gasteiger partial charge in [0.25, 0.3) is 5.91 Å². The molecular weight excluding hydrogens is 326 g/mol. The van der Waals surface area contributed by atoms with Gasteiger partial charge in [0.15, 0.2) is 0 Å². The first-order valence-corrected chi connectivity index (χ1v) is 8.90. The third-order valence-electron chi connectivity index (χ3n) is 4.67. The number of amides is 1. The summed E-state index contributed by atoms with van der Waals surface area (Å²) in [7, 11) is 0. The lowest BCUT2D eigenvalue weighted by Gasteiger charge is -2.32. The molecule has 1 fully saturated rings. The molecule has 0 saturated carbocycles. The minimum absolute atomic E-state index is 0.0837. The number of carbonyl (C=O) groups excluding carboxylic acids is 1. The van der Waals surface area contributed by atoms with Crippen LogP contribution in [0.3, 0.4) is 0 Å². The van der Waals surface area contributed by atoms with Crippen LogP contribution >= 0.6 is 0 Å². The molecule has 1 amide bonds. The predicted molar refractivity (Wildman–Crippen MR) is 99.6 cm³/mol. The second kappa shape index (κ2) is 7.44. The average molecular weight is 347 g/mol. The Bertz CT molecular complexity index is 837. The van der Waals surface area contributed by atoms with Gasteiger partial charge in [-0.1, -0.05) is 6.07 Å². The molecule has 3 heterocycles. The van der Waals surface area contributed by atoms with Crippen LogP contribution in [0.5, 0.6) is 5.88 Å². The van der Waals surface area contributed by atoms with E-state index in [0.29, 0.717) is 19.0 Å². The monoisotopic (exact) mass is 347 g/mol. The van der Waals surface area contributed by atoms with Gasteiger partial charge in [-0.25, -0.2) is 4.98 Å². The van der Waals surface area contributed by atoms with Crippen molar-refractivity contribution in [2.75, 3.05) is 13.1 Å². The first kappa shape index (κ1) is 16.4. The topological polar surface area (TPSA) is 47.4 Å². The fourth-order valence-electron chi connectivity index (χ4n) is 3.23. The highest BCUT2D eigenvalue weighted by Gasteiger charge is 2.24. The van der Waals surface area contributed by atoms with Gasteiger partial charge in [-0.05, 0) is 42.5 Å². The minimum atomic E-state index is 0.0837. The Balaban J connectivity index is 1.34. The summed E-state index contributed by atoms with van der Waals surface area (Å²) >= 11 is 0. The molecule has 1 aromatic carbocycles. The Hall–Kier alpha value is -3.08. The fourth-order valence-corrected chi connectivity index (χ4v) is 3.23. The van der Waals surface area contributed by atoms with E-state index >= 15 is 0 Å². The third kappa shape index (κ3) is 3.61. The van der Waals surface area contributed by atoms with Crippen LogP contribution in [0.1, 0.15) is 23.2 Å². The molecule has 5 heteroatoms. The highest BCUT2D eigenvalue weighted by molar-refractivity contribution is 5.94. The smallest absolute Gasteiger partial charge is 0.253 e. The zero-order chi connectivity index (χ0) is 17.8. The van der Waals surface area contributed by atoms with Crippen molar-refractivity contribution in [2.24, 2.45) is 0 Å². The zero-order valence-corrected chi connectivity index (χ0v) is 14.5. The number of nitrogens with zero attached hydrogens (tertiary/aromatic N) is 3. The molecule has 0 unspecified atom stereocenters. The molecule has 3 aromatic rings. The van der Waals surface area contributed by atoms with E-state index in [2.05, 4.69) is 4.98 Å². The van der Waals surface area contributed by atoms with E-state index in [1.807, 2.05) is 76.5 Å². The summed E-state index contributed by atoms with van der Waals surface area (Å²) < 4.78 is 7.92. The van der Waals surface area contributed by atoms with Gasteiger partial charge in [-0.2, -0.15) is 0 Å². The first-order valence-electron chi connectivity index (χ1n) is 8.90. The Morgan fingerprint density at radius 2 is 1.69 bits per heavy atom. The van der Waals surface area contributed by atoms with Gasteiger partial charge in [-0.3, -0.25) is 4.79 Å². The van der Waals surface area contributed by atoms with E-state index in [-0.39, 0.29) is 12.0 Å². The lowest BCUT2D eigenvalue weighted by Crippen LogP contribution is -2.41. The van der Waals surface area contributed by atoms with Crippen molar-refractivity contribution in [3.63, 3.8) is 0 Å².